The molecular weight excluding hydrogens is 457 g/mol. The van der Waals surface area contributed by atoms with Gasteiger partial charge in [0, 0.05) is 10.4 Å². The van der Waals surface area contributed by atoms with E-state index in [4.69, 9.17) is 27.9 Å². The smallest absolute Gasteiger partial charge is 0.309 e. The van der Waals surface area contributed by atoms with Crippen LogP contribution in [0.2, 0.25) is 10.0 Å². The van der Waals surface area contributed by atoms with Gasteiger partial charge in [0.25, 0.3) is 0 Å². The van der Waals surface area contributed by atoms with E-state index in [1.165, 1.54) is 7.11 Å². The Bertz CT molecular complexity index is 848. The highest BCUT2D eigenvalue weighted by molar-refractivity contribution is 9.10. The van der Waals surface area contributed by atoms with Gasteiger partial charge in [0.15, 0.2) is 5.75 Å². The molecule has 1 amide bonds. The Morgan fingerprint density at radius 1 is 1.15 bits per heavy atom. The topological polar surface area (TPSA) is 64.6 Å². The number of anilines is 1. The zero-order valence-corrected chi connectivity index (χ0v) is 18.0. The lowest BCUT2D eigenvalue weighted by Gasteiger charge is -2.14. The van der Waals surface area contributed by atoms with Gasteiger partial charge in [-0.05, 0) is 51.8 Å². The first-order valence-corrected chi connectivity index (χ1v) is 9.59. The van der Waals surface area contributed by atoms with Gasteiger partial charge in [-0.2, -0.15) is 0 Å². The Labute approximate surface area is 176 Å². The second-order valence-electron chi connectivity index (χ2n) is 6.03. The number of esters is 1. The number of halogens is 3. The Hall–Kier alpha value is -1.76. The van der Waals surface area contributed by atoms with E-state index in [9.17, 15) is 9.59 Å². The maximum atomic E-state index is 11.8. The molecular formula is C19H18BrCl2NO4. The van der Waals surface area contributed by atoms with Gasteiger partial charge >= 0.3 is 5.97 Å². The van der Waals surface area contributed by atoms with Crippen molar-refractivity contribution in [2.24, 2.45) is 5.92 Å². The predicted molar refractivity (Wildman–Crippen MR) is 110 cm³/mol. The summed E-state index contributed by atoms with van der Waals surface area (Å²) in [5.41, 5.74) is 1.25. The average Bonchev–Trinajstić information content (AvgIpc) is 2.60. The molecule has 0 unspecified atom stereocenters. The molecule has 0 fully saturated rings. The monoisotopic (exact) mass is 473 g/mol. The van der Waals surface area contributed by atoms with Crippen molar-refractivity contribution >= 4 is 56.7 Å². The van der Waals surface area contributed by atoms with Gasteiger partial charge in [-0.1, -0.05) is 37.0 Å². The molecule has 144 valence electrons. The quantitative estimate of drug-likeness (QED) is 0.532. The van der Waals surface area contributed by atoms with E-state index in [2.05, 4.69) is 26.0 Å². The zero-order chi connectivity index (χ0) is 20.1. The maximum absolute atomic E-state index is 11.8. The van der Waals surface area contributed by atoms with E-state index < -0.39 is 5.97 Å². The van der Waals surface area contributed by atoms with E-state index in [-0.39, 0.29) is 34.0 Å². The average molecular weight is 475 g/mol. The third-order valence-corrected chi connectivity index (χ3v) is 4.79. The van der Waals surface area contributed by atoms with E-state index in [0.29, 0.717) is 21.5 Å². The fraction of sp³-hybridized carbons (Fsp3) is 0.263. The lowest BCUT2D eigenvalue weighted by atomic mass is 10.1. The predicted octanol–water partition coefficient (Wildman–Crippen LogP) is 5.86. The van der Waals surface area contributed by atoms with Crippen molar-refractivity contribution in [3.63, 3.8) is 0 Å². The first-order chi connectivity index (χ1) is 12.7. The van der Waals surface area contributed by atoms with Crippen molar-refractivity contribution < 1.29 is 19.1 Å². The molecule has 0 radical (unpaired) electrons. The van der Waals surface area contributed by atoms with Gasteiger partial charge in [0.05, 0.1) is 29.3 Å². The summed E-state index contributed by atoms with van der Waals surface area (Å²) in [5, 5.41) is 3.36. The second-order valence-corrected chi connectivity index (χ2v) is 7.70. The molecule has 0 aromatic heterocycles. The molecule has 0 saturated heterocycles. The van der Waals surface area contributed by atoms with Crippen molar-refractivity contribution in [2.45, 2.75) is 20.3 Å². The number of amides is 1. The van der Waals surface area contributed by atoms with Crippen LogP contribution in [-0.4, -0.2) is 19.0 Å². The Morgan fingerprint density at radius 2 is 1.78 bits per heavy atom. The lowest BCUT2D eigenvalue weighted by molar-refractivity contribution is -0.139. The summed E-state index contributed by atoms with van der Waals surface area (Å²) in [4.78, 5) is 23.2. The second kappa shape index (κ2) is 9.44. The van der Waals surface area contributed by atoms with Crippen molar-refractivity contribution in [3.05, 3.63) is 50.4 Å². The fourth-order valence-electron chi connectivity index (χ4n) is 2.11. The molecule has 8 heteroatoms. The number of rotatable bonds is 6. The molecule has 0 bridgehead atoms. The number of methoxy groups -OCH3 is 1. The minimum absolute atomic E-state index is 0.0615. The van der Waals surface area contributed by atoms with Crippen LogP contribution in [0.1, 0.15) is 19.4 Å². The first-order valence-electron chi connectivity index (χ1n) is 8.04. The first kappa shape index (κ1) is 21.5. The van der Waals surface area contributed by atoms with Gasteiger partial charge < -0.3 is 14.8 Å². The van der Waals surface area contributed by atoms with Crippen LogP contribution < -0.4 is 10.1 Å². The number of hydrogen-bond donors (Lipinski definition) is 1. The molecule has 27 heavy (non-hydrogen) atoms. The minimum atomic E-state index is -0.390. The molecule has 0 aliphatic carbocycles. The Balaban J connectivity index is 2.20. The highest BCUT2D eigenvalue weighted by Gasteiger charge is 2.15. The van der Waals surface area contributed by atoms with Gasteiger partial charge in [0.2, 0.25) is 5.91 Å². The summed E-state index contributed by atoms with van der Waals surface area (Å²) in [7, 11) is 1.31. The van der Waals surface area contributed by atoms with Crippen molar-refractivity contribution in [1.82, 2.24) is 0 Å². The van der Waals surface area contributed by atoms with Crippen LogP contribution in [0.25, 0.3) is 0 Å². The van der Waals surface area contributed by atoms with Crippen LogP contribution in [0.3, 0.4) is 0 Å². The molecule has 5 nitrogen and oxygen atoms in total. The molecule has 1 N–H and O–H groups in total. The van der Waals surface area contributed by atoms with E-state index in [1.807, 2.05) is 13.8 Å². The molecule has 0 spiro atoms. The third-order valence-electron chi connectivity index (χ3n) is 3.58. The van der Waals surface area contributed by atoms with Crippen LogP contribution in [-0.2, 0) is 20.7 Å². The van der Waals surface area contributed by atoms with Gasteiger partial charge in [0.1, 0.15) is 5.75 Å². The summed E-state index contributed by atoms with van der Waals surface area (Å²) >= 11 is 15.9. The molecule has 0 saturated carbocycles. The highest BCUT2D eigenvalue weighted by atomic mass is 79.9. The summed E-state index contributed by atoms with van der Waals surface area (Å²) < 4.78 is 11.1. The molecule has 0 aliphatic heterocycles. The van der Waals surface area contributed by atoms with E-state index in [1.54, 1.807) is 30.3 Å². The minimum Gasteiger partial charge on any atom is -0.469 e. The zero-order valence-electron chi connectivity index (χ0n) is 14.9. The lowest BCUT2D eigenvalue weighted by Crippen LogP contribution is -2.17. The van der Waals surface area contributed by atoms with Gasteiger partial charge in [-0.15, -0.1) is 0 Å². The Morgan fingerprint density at radius 3 is 2.30 bits per heavy atom. The van der Waals surface area contributed by atoms with Crippen molar-refractivity contribution in [2.75, 3.05) is 12.4 Å². The third kappa shape index (κ3) is 5.86. The summed E-state index contributed by atoms with van der Waals surface area (Å²) in [5.74, 6) is 0.149. The number of hydrogen-bond acceptors (Lipinski definition) is 4. The summed E-state index contributed by atoms with van der Waals surface area (Å²) in [6.45, 7) is 3.63. The van der Waals surface area contributed by atoms with Crippen LogP contribution in [0, 0.1) is 5.92 Å². The molecule has 0 heterocycles. The van der Waals surface area contributed by atoms with Crippen molar-refractivity contribution in [1.29, 1.82) is 0 Å². The van der Waals surface area contributed by atoms with E-state index in [0.717, 1.165) is 0 Å². The molecule has 0 aliphatic rings. The summed E-state index contributed by atoms with van der Waals surface area (Å²) in [6, 6.07) is 8.31. The number of carbonyl (C=O) groups is 2. The molecule has 0 atom stereocenters. The SMILES string of the molecule is COC(=O)Cc1cc(Cl)c(Oc2ccc(NC(=O)C(C)C)c(Br)c2)c(Cl)c1. The molecule has 2 rings (SSSR count). The number of benzene rings is 2. The fourth-order valence-corrected chi connectivity index (χ4v) is 3.17. The van der Waals surface area contributed by atoms with E-state index >= 15 is 0 Å². The van der Waals surface area contributed by atoms with Gasteiger partial charge in [-0.25, -0.2) is 0 Å². The van der Waals surface area contributed by atoms with Crippen LogP contribution in [0.4, 0.5) is 5.69 Å². The molecule has 2 aromatic rings. The van der Waals surface area contributed by atoms with Gasteiger partial charge in [-0.3, -0.25) is 9.59 Å². The van der Waals surface area contributed by atoms with Crippen molar-refractivity contribution in [3.8, 4) is 11.5 Å². The highest BCUT2D eigenvalue weighted by Crippen LogP contribution is 2.39. The van der Waals surface area contributed by atoms with Crippen LogP contribution >= 0.6 is 39.1 Å². The normalized spacial score (nSPS) is 10.6. The number of ether oxygens (including phenoxy) is 2. The standard InChI is InChI=1S/C19H18BrCl2NO4/c1-10(2)19(25)23-16-5-4-12(9-13(16)20)27-18-14(21)6-11(7-15(18)22)8-17(24)26-3/h4-7,9-10H,8H2,1-3H3,(H,23,25). The van der Waals surface area contributed by atoms with Crippen LogP contribution in [0.15, 0.2) is 34.8 Å². The maximum Gasteiger partial charge on any atom is 0.309 e. The molecule has 2 aromatic carbocycles. The van der Waals surface area contributed by atoms with Crippen LogP contribution in [0.5, 0.6) is 11.5 Å². The Kier molecular flexibility index (Phi) is 7.53. The number of nitrogens with one attached hydrogen (secondary N) is 1. The largest absolute Gasteiger partial charge is 0.469 e. The number of carbonyl (C=O) groups excluding carboxylic acids is 2. The summed E-state index contributed by atoms with van der Waals surface area (Å²) in [6.07, 6.45) is 0.0615.